The van der Waals surface area contributed by atoms with Gasteiger partial charge in [-0.2, -0.15) is 0 Å². The Bertz CT molecular complexity index is 471. The Morgan fingerprint density at radius 1 is 1.53 bits per heavy atom. The van der Waals surface area contributed by atoms with E-state index in [1.165, 1.54) is 0 Å². The molecule has 0 radical (unpaired) electrons. The highest BCUT2D eigenvalue weighted by atomic mass is 16.2. The highest BCUT2D eigenvalue weighted by Crippen LogP contribution is 2.45. The van der Waals surface area contributed by atoms with Crippen LogP contribution in [0, 0.1) is 5.41 Å². The van der Waals surface area contributed by atoms with Crippen molar-refractivity contribution in [1.29, 1.82) is 0 Å². The monoisotopic (exact) mass is 233 g/mol. The van der Waals surface area contributed by atoms with E-state index in [2.05, 4.69) is 19.2 Å². The summed E-state index contributed by atoms with van der Waals surface area (Å²) in [5.41, 5.74) is 7.44. The lowest BCUT2D eigenvalue weighted by atomic mass is 10.2. The molecule has 0 aromatic carbocycles. The second-order valence-corrected chi connectivity index (χ2v) is 6.02. The normalized spacial score (nSPS) is 25.6. The lowest BCUT2D eigenvalue weighted by molar-refractivity contribution is 0.0937. The van der Waals surface area contributed by atoms with Crippen molar-refractivity contribution in [2.75, 3.05) is 5.73 Å². The molecular formula is C13H19N3O. The quantitative estimate of drug-likeness (QED) is 0.838. The number of aromatic nitrogens is 1. The van der Waals surface area contributed by atoms with Gasteiger partial charge in [0.2, 0.25) is 0 Å². The molecule has 0 aliphatic heterocycles. The molecule has 1 aromatic rings. The number of nitrogen functional groups attached to an aromatic ring is 1. The predicted octanol–water partition coefficient (Wildman–Crippen LogP) is 1.93. The molecule has 2 saturated carbocycles. The molecule has 2 aliphatic rings. The number of amides is 1. The van der Waals surface area contributed by atoms with Gasteiger partial charge in [0.1, 0.15) is 5.69 Å². The van der Waals surface area contributed by atoms with Gasteiger partial charge in [-0.1, -0.05) is 13.8 Å². The summed E-state index contributed by atoms with van der Waals surface area (Å²) < 4.78 is 2.03. The molecule has 0 bridgehead atoms. The first kappa shape index (κ1) is 10.7. The Hall–Kier alpha value is -1.45. The maximum absolute atomic E-state index is 12.2. The molecule has 1 heterocycles. The van der Waals surface area contributed by atoms with Crippen LogP contribution in [0.15, 0.2) is 12.3 Å². The number of rotatable bonds is 3. The number of carbonyl (C=O) groups is 1. The van der Waals surface area contributed by atoms with Crippen LogP contribution in [0.3, 0.4) is 0 Å². The minimum absolute atomic E-state index is 0.0178. The van der Waals surface area contributed by atoms with Gasteiger partial charge in [0.25, 0.3) is 5.91 Å². The van der Waals surface area contributed by atoms with E-state index < -0.39 is 0 Å². The summed E-state index contributed by atoms with van der Waals surface area (Å²) in [7, 11) is 0. The van der Waals surface area contributed by atoms with Crippen LogP contribution in [-0.2, 0) is 0 Å². The van der Waals surface area contributed by atoms with Crippen LogP contribution < -0.4 is 11.1 Å². The van der Waals surface area contributed by atoms with Crippen LogP contribution in [-0.4, -0.2) is 16.5 Å². The van der Waals surface area contributed by atoms with Crippen molar-refractivity contribution in [1.82, 2.24) is 9.88 Å². The topological polar surface area (TPSA) is 60.1 Å². The first-order valence-corrected chi connectivity index (χ1v) is 6.25. The fraction of sp³-hybridized carbons (Fsp3) is 0.615. The van der Waals surface area contributed by atoms with E-state index in [9.17, 15) is 4.79 Å². The molecule has 1 aromatic heterocycles. The zero-order valence-corrected chi connectivity index (χ0v) is 10.4. The molecule has 92 valence electrons. The fourth-order valence-electron chi connectivity index (χ4n) is 2.28. The van der Waals surface area contributed by atoms with E-state index in [4.69, 9.17) is 5.73 Å². The molecule has 1 amide bonds. The summed E-state index contributed by atoms with van der Waals surface area (Å²) in [5, 5.41) is 3.08. The van der Waals surface area contributed by atoms with Crippen molar-refractivity contribution in [2.45, 2.75) is 45.2 Å². The Morgan fingerprint density at radius 3 is 2.71 bits per heavy atom. The lowest BCUT2D eigenvalue weighted by Crippen LogP contribution is -2.30. The van der Waals surface area contributed by atoms with Crippen LogP contribution in [0.4, 0.5) is 5.69 Å². The van der Waals surface area contributed by atoms with E-state index in [0.29, 0.717) is 23.5 Å². The predicted molar refractivity (Wildman–Crippen MR) is 66.8 cm³/mol. The molecule has 1 unspecified atom stereocenters. The lowest BCUT2D eigenvalue weighted by Gasteiger charge is -2.09. The highest BCUT2D eigenvalue weighted by Gasteiger charge is 2.47. The Kier molecular flexibility index (Phi) is 2.06. The number of anilines is 1. The van der Waals surface area contributed by atoms with Crippen molar-refractivity contribution in [3.05, 3.63) is 18.0 Å². The highest BCUT2D eigenvalue weighted by molar-refractivity contribution is 5.94. The molecule has 2 fully saturated rings. The van der Waals surface area contributed by atoms with Gasteiger partial charge in [-0.05, 0) is 30.7 Å². The maximum atomic E-state index is 12.2. The van der Waals surface area contributed by atoms with Crippen LogP contribution in [0.2, 0.25) is 0 Å². The molecular weight excluding hydrogens is 214 g/mol. The largest absolute Gasteiger partial charge is 0.397 e. The third kappa shape index (κ3) is 1.92. The second kappa shape index (κ2) is 3.28. The first-order valence-electron chi connectivity index (χ1n) is 6.25. The number of hydrogen-bond acceptors (Lipinski definition) is 2. The van der Waals surface area contributed by atoms with E-state index in [1.54, 1.807) is 6.07 Å². The minimum Gasteiger partial charge on any atom is -0.397 e. The standard InChI is InChI=1S/C13H19N3O/c1-13(2)6-11(13)15-12(17)10-5-8(14)7-16(10)9-3-4-9/h5,7,9,11H,3-4,6,14H2,1-2H3,(H,15,17). The molecule has 0 spiro atoms. The molecule has 4 heteroatoms. The van der Waals surface area contributed by atoms with Crippen molar-refractivity contribution in [3.8, 4) is 0 Å². The van der Waals surface area contributed by atoms with Crippen LogP contribution >= 0.6 is 0 Å². The molecule has 4 nitrogen and oxygen atoms in total. The van der Waals surface area contributed by atoms with Gasteiger partial charge in [0, 0.05) is 18.3 Å². The number of carbonyl (C=O) groups excluding carboxylic acids is 1. The number of nitrogens with zero attached hydrogens (tertiary/aromatic N) is 1. The van der Waals surface area contributed by atoms with Gasteiger partial charge in [-0.25, -0.2) is 0 Å². The summed E-state index contributed by atoms with van der Waals surface area (Å²) >= 11 is 0. The van der Waals surface area contributed by atoms with Crippen molar-refractivity contribution in [3.63, 3.8) is 0 Å². The van der Waals surface area contributed by atoms with Crippen LogP contribution in [0.1, 0.15) is 49.6 Å². The summed E-state index contributed by atoms with van der Waals surface area (Å²) in [6.07, 6.45) is 5.26. The first-order chi connectivity index (χ1) is 7.97. The average molecular weight is 233 g/mol. The van der Waals surface area contributed by atoms with E-state index in [0.717, 1.165) is 19.3 Å². The molecule has 0 saturated heterocycles. The average Bonchev–Trinajstić information content (AvgIpc) is 3.11. The van der Waals surface area contributed by atoms with Crippen molar-refractivity contribution >= 4 is 11.6 Å². The fourth-order valence-corrected chi connectivity index (χ4v) is 2.28. The van der Waals surface area contributed by atoms with E-state index in [1.807, 2.05) is 10.8 Å². The summed E-state index contributed by atoms with van der Waals surface area (Å²) in [5.74, 6) is 0.0178. The van der Waals surface area contributed by atoms with Gasteiger partial charge < -0.3 is 15.6 Å². The van der Waals surface area contributed by atoms with Crippen molar-refractivity contribution < 1.29 is 4.79 Å². The van der Waals surface area contributed by atoms with E-state index in [-0.39, 0.29) is 11.3 Å². The van der Waals surface area contributed by atoms with Gasteiger partial charge in [-0.15, -0.1) is 0 Å². The minimum atomic E-state index is 0.0178. The van der Waals surface area contributed by atoms with Gasteiger partial charge in [-0.3, -0.25) is 4.79 Å². The number of nitrogens with two attached hydrogens (primary N) is 1. The van der Waals surface area contributed by atoms with Gasteiger partial charge >= 0.3 is 0 Å². The summed E-state index contributed by atoms with van der Waals surface area (Å²) in [4.78, 5) is 12.2. The molecule has 3 N–H and O–H groups in total. The van der Waals surface area contributed by atoms with Crippen LogP contribution in [0.25, 0.3) is 0 Å². The Morgan fingerprint density at radius 2 is 2.18 bits per heavy atom. The number of hydrogen-bond donors (Lipinski definition) is 2. The molecule has 17 heavy (non-hydrogen) atoms. The van der Waals surface area contributed by atoms with E-state index >= 15 is 0 Å². The third-order valence-corrected chi connectivity index (χ3v) is 3.86. The van der Waals surface area contributed by atoms with Gasteiger partial charge in [0.15, 0.2) is 0 Å². The van der Waals surface area contributed by atoms with Crippen molar-refractivity contribution in [2.24, 2.45) is 5.41 Å². The molecule has 1 atom stereocenters. The maximum Gasteiger partial charge on any atom is 0.268 e. The smallest absolute Gasteiger partial charge is 0.268 e. The zero-order chi connectivity index (χ0) is 12.2. The summed E-state index contributed by atoms with van der Waals surface area (Å²) in [6.45, 7) is 4.35. The SMILES string of the molecule is CC1(C)CC1NC(=O)c1cc(N)cn1C1CC1. The second-order valence-electron chi connectivity index (χ2n) is 6.02. The molecule has 3 rings (SSSR count). The number of nitrogens with one attached hydrogen (secondary N) is 1. The van der Waals surface area contributed by atoms with Crippen LogP contribution in [0.5, 0.6) is 0 Å². The molecule has 2 aliphatic carbocycles. The third-order valence-electron chi connectivity index (χ3n) is 3.86. The zero-order valence-electron chi connectivity index (χ0n) is 10.4. The Balaban J connectivity index is 1.76. The Labute approximate surface area is 101 Å². The van der Waals surface area contributed by atoms with Gasteiger partial charge in [0.05, 0.1) is 5.69 Å². The summed E-state index contributed by atoms with van der Waals surface area (Å²) in [6, 6.07) is 2.59.